The van der Waals surface area contributed by atoms with Gasteiger partial charge in [0.25, 0.3) is 5.91 Å². The first kappa shape index (κ1) is 14.8. The monoisotopic (exact) mass is 279 g/mol. The van der Waals surface area contributed by atoms with Gasteiger partial charge in [-0.3, -0.25) is 4.79 Å². The van der Waals surface area contributed by atoms with Crippen LogP contribution >= 0.6 is 0 Å². The summed E-state index contributed by atoms with van der Waals surface area (Å²) in [6.07, 6.45) is 5.81. The highest BCUT2D eigenvalue weighted by molar-refractivity contribution is 5.81. The van der Waals surface area contributed by atoms with E-state index in [1.54, 1.807) is 12.1 Å². The summed E-state index contributed by atoms with van der Waals surface area (Å²) in [7, 11) is 0. The number of hydrogen-bond donors (Lipinski definition) is 1. The maximum Gasteiger partial charge on any atom is 0.261 e. The van der Waals surface area contributed by atoms with Crippen LogP contribution in [0.5, 0.6) is 5.75 Å². The van der Waals surface area contributed by atoms with Gasteiger partial charge in [0, 0.05) is 6.04 Å². The second kappa shape index (κ2) is 7.27. The minimum Gasteiger partial charge on any atom is -0.481 e. The summed E-state index contributed by atoms with van der Waals surface area (Å²) in [5, 5.41) is 3.06. The average Bonchev–Trinajstić information content (AvgIpc) is 2.47. The summed E-state index contributed by atoms with van der Waals surface area (Å²) in [6, 6.07) is 6.04. The van der Waals surface area contributed by atoms with Crippen LogP contribution in [0.3, 0.4) is 0 Å². The fourth-order valence-electron chi connectivity index (χ4n) is 2.54. The van der Waals surface area contributed by atoms with E-state index < -0.39 is 6.10 Å². The molecule has 0 unspecified atom stereocenters. The molecule has 1 saturated carbocycles. The van der Waals surface area contributed by atoms with E-state index in [-0.39, 0.29) is 17.8 Å². The van der Waals surface area contributed by atoms with Crippen LogP contribution in [-0.2, 0) is 4.79 Å². The first-order valence-corrected chi connectivity index (χ1v) is 7.41. The second-order valence-corrected chi connectivity index (χ2v) is 5.31. The Hall–Kier alpha value is -1.58. The van der Waals surface area contributed by atoms with Crippen LogP contribution in [0.25, 0.3) is 0 Å². The Bertz CT molecular complexity index is 427. The highest BCUT2D eigenvalue weighted by atomic mass is 19.1. The first-order valence-electron chi connectivity index (χ1n) is 7.41. The van der Waals surface area contributed by atoms with Crippen molar-refractivity contribution in [3.8, 4) is 5.75 Å². The Labute approximate surface area is 119 Å². The Morgan fingerprint density at radius 1 is 1.30 bits per heavy atom. The van der Waals surface area contributed by atoms with Crippen LogP contribution in [0.15, 0.2) is 24.3 Å². The smallest absolute Gasteiger partial charge is 0.261 e. The maximum absolute atomic E-state index is 12.8. The van der Waals surface area contributed by atoms with E-state index in [1.165, 1.54) is 31.4 Å². The molecule has 0 radical (unpaired) electrons. The van der Waals surface area contributed by atoms with Gasteiger partial charge in [0.15, 0.2) is 6.10 Å². The maximum atomic E-state index is 12.8. The molecule has 4 heteroatoms. The fraction of sp³-hybridized carbons (Fsp3) is 0.562. The van der Waals surface area contributed by atoms with Gasteiger partial charge in [-0.15, -0.1) is 0 Å². The van der Waals surface area contributed by atoms with Gasteiger partial charge in [-0.1, -0.05) is 26.2 Å². The fourth-order valence-corrected chi connectivity index (χ4v) is 2.54. The minimum absolute atomic E-state index is 0.0660. The molecule has 1 aromatic carbocycles. The van der Waals surface area contributed by atoms with Crippen molar-refractivity contribution in [3.63, 3.8) is 0 Å². The van der Waals surface area contributed by atoms with Crippen LogP contribution in [0.2, 0.25) is 0 Å². The molecule has 1 aliphatic carbocycles. The number of hydrogen-bond acceptors (Lipinski definition) is 2. The van der Waals surface area contributed by atoms with Crippen LogP contribution in [-0.4, -0.2) is 18.1 Å². The molecule has 110 valence electrons. The summed E-state index contributed by atoms with van der Waals surface area (Å²) in [4.78, 5) is 12.2. The van der Waals surface area contributed by atoms with Gasteiger partial charge in [-0.2, -0.15) is 0 Å². The van der Waals surface area contributed by atoms with Crippen LogP contribution in [0.4, 0.5) is 4.39 Å². The number of benzene rings is 1. The zero-order valence-corrected chi connectivity index (χ0v) is 11.9. The molecular weight excluding hydrogens is 257 g/mol. The van der Waals surface area contributed by atoms with Crippen LogP contribution < -0.4 is 10.1 Å². The summed E-state index contributed by atoms with van der Waals surface area (Å²) in [5.74, 6) is 0.151. The molecule has 1 aliphatic rings. The molecule has 1 amide bonds. The molecule has 1 aromatic rings. The quantitative estimate of drug-likeness (QED) is 0.896. The van der Waals surface area contributed by atoms with E-state index in [2.05, 4.69) is 5.32 Å². The van der Waals surface area contributed by atoms with Crippen molar-refractivity contribution < 1.29 is 13.9 Å². The third-order valence-electron chi connectivity index (χ3n) is 3.71. The van der Waals surface area contributed by atoms with Gasteiger partial charge in [-0.25, -0.2) is 4.39 Å². The lowest BCUT2D eigenvalue weighted by Crippen LogP contribution is -2.44. The second-order valence-electron chi connectivity index (χ2n) is 5.31. The van der Waals surface area contributed by atoms with Crippen molar-refractivity contribution in [2.24, 2.45) is 0 Å². The Balaban J connectivity index is 1.89. The number of amides is 1. The van der Waals surface area contributed by atoms with E-state index in [9.17, 15) is 9.18 Å². The van der Waals surface area contributed by atoms with Crippen molar-refractivity contribution in [1.29, 1.82) is 0 Å². The van der Waals surface area contributed by atoms with E-state index in [1.807, 2.05) is 6.92 Å². The van der Waals surface area contributed by atoms with Gasteiger partial charge in [-0.05, 0) is 43.5 Å². The molecule has 0 bridgehead atoms. The standard InChI is InChI=1S/C16H22FNO2/c1-2-15(20-14-10-8-12(17)9-11-14)16(19)18-13-6-4-3-5-7-13/h8-11,13,15H,2-7H2,1H3,(H,18,19)/t15-/m1/s1. The summed E-state index contributed by atoms with van der Waals surface area (Å²) in [5.41, 5.74) is 0. The van der Waals surface area contributed by atoms with Crippen LogP contribution in [0.1, 0.15) is 45.4 Å². The Kier molecular flexibility index (Phi) is 5.39. The third kappa shape index (κ3) is 4.22. The normalized spacial score (nSPS) is 17.5. The molecule has 0 aromatic heterocycles. The van der Waals surface area contributed by atoms with E-state index in [0.717, 1.165) is 12.8 Å². The third-order valence-corrected chi connectivity index (χ3v) is 3.71. The van der Waals surface area contributed by atoms with Crippen LogP contribution in [0, 0.1) is 5.82 Å². The summed E-state index contributed by atoms with van der Waals surface area (Å²) in [6.45, 7) is 1.91. The van der Waals surface area contributed by atoms with Crippen molar-refractivity contribution in [3.05, 3.63) is 30.1 Å². The molecule has 0 heterocycles. The van der Waals surface area contributed by atoms with E-state index in [4.69, 9.17) is 4.74 Å². The lowest BCUT2D eigenvalue weighted by Gasteiger charge is -2.25. The average molecular weight is 279 g/mol. The van der Waals surface area contributed by atoms with E-state index in [0.29, 0.717) is 12.2 Å². The highest BCUT2D eigenvalue weighted by Crippen LogP contribution is 2.19. The lowest BCUT2D eigenvalue weighted by molar-refractivity contribution is -0.129. The van der Waals surface area contributed by atoms with Gasteiger partial charge in [0.05, 0.1) is 0 Å². The summed E-state index contributed by atoms with van der Waals surface area (Å²) >= 11 is 0. The Morgan fingerprint density at radius 3 is 2.55 bits per heavy atom. The molecule has 20 heavy (non-hydrogen) atoms. The number of carbonyl (C=O) groups is 1. The number of carbonyl (C=O) groups excluding carboxylic acids is 1. The molecule has 1 N–H and O–H groups in total. The molecule has 3 nitrogen and oxygen atoms in total. The number of nitrogens with one attached hydrogen (secondary N) is 1. The zero-order chi connectivity index (χ0) is 14.4. The van der Waals surface area contributed by atoms with Gasteiger partial charge >= 0.3 is 0 Å². The van der Waals surface area contributed by atoms with Crippen molar-refractivity contribution in [2.45, 2.75) is 57.6 Å². The number of ether oxygens (including phenoxy) is 1. The van der Waals surface area contributed by atoms with E-state index >= 15 is 0 Å². The minimum atomic E-state index is -0.512. The SMILES string of the molecule is CC[C@@H](Oc1ccc(F)cc1)C(=O)NC1CCCCC1. The molecule has 1 fully saturated rings. The Morgan fingerprint density at radius 2 is 1.95 bits per heavy atom. The molecule has 0 aliphatic heterocycles. The lowest BCUT2D eigenvalue weighted by atomic mass is 9.95. The zero-order valence-electron chi connectivity index (χ0n) is 11.9. The van der Waals surface area contributed by atoms with Gasteiger partial charge in [0.2, 0.25) is 0 Å². The molecule has 2 rings (SSSR count). The largest absolute Gasteiger partial charge is 0.481 e. The summed E-state index contributed by atoms with van der Waals surface area (Å²) < 4.78 is 18.5. The number of rotatable bonds is 5. The molecule has 1 atom stereocenters. The predicted octanol–water partition coefficient (Wildman–Crippen LogP) is 3.43. The molecular formula is C16H22FNO2. The first-order chi connectivity index (χ1) is 9.69. The van der Waals surface area contributed by atoms with Gasteiger partial charge in [0.1, 0.15) is 11.6 Å². The van der Waals surface area contributed by atoms with Crippen molar-refractivity contribution >= 4 is 5.91 Å². The van der Waals surface area contributed by atoms with Gasteiger partial charge < -0.3 is 10.1 Å². The number of halogens is 1. The molecule has 0 spiro atoms. The van der Waals surface area contributed by atoms with Crippen molar-refractivity contribution in [1.82, 2.24) is 5.32 Å². The predicted molar refractivity (Wildman–Crippen MR) is 76.1 cm³/mol. The topological polar surface area (TPSA) is 38.3 Å². The molecule has 0 saturated heterocycles. The highest BCUT2D eigenvalue weighted by Gasteiger charge is 2.22. The van der Waals surface area contributed by atoms with Crippen molar-refractivity contribution in [2.75, 3.05) is 0 Å².